The Hall–Kier alpha value is -1.08. The molecule has 1 aliphatic carbocycles. The zero-order chi connectivity index (χ0) is 11.9. The Morgan fingerprint density at radius 1 is 1.29 bits per heavy atom. The summed E-state index contributed by atoms with van der Waals surface area (Å²) in [6.07, 6.45) is 7.38. The van der Waals surface area contributed by atoms with Crippen LogP contribution in [0.4, 0.5) is 0 Å². The summed E-state index contributed by atoms with van der Waals surface area (Å²) in [5.41, 5.74) is 0. The third-order valence-electron chi connectivity index (χ3n) is 2.95. The lowest BCUT2D eigenvalue weighted by Gasteiger charge is -2.18. The third kappa shape index (κ3) is 3.71. The molecule has 3 nitrogen and oxygen atoms in total. The van der Waals surface area contributed by atoms with Gasteiger partial charge >= 0.3 is 6.01 Å². The van der Waals surface area contributed by atoms with Crippen molar-refractivity contribution in [1.29, 1.82) is 0 Å². The largest absolute Gasteiger partial charge is 0.450 e. The van der Waals surface area contributed by atoms with Crippen LogP contribution in [0.1, 0.15) is 56.4 Å². The Morgan fingerprint density at radius 3 is 2.88 bits per heavy atom. The van der Waals surface area contributed by atoms with Crippen LogP contribution in [0.5, 0.6) is 6.01 Å². The van der Waals surface area contributed by atoms with Gasteiger partial charge in [0.1, 0.15) is 5.01 Å². The minimum Gasteiger partial charge on any atom is -0.450 e. The maximum Gasteiger partial charge on any atom is 0.329 e. The molecule has 2 rings (SSSR count). The molecule has 0 radical (unpaired) electrons. The summed E-state index contributed by atoms with van der Waals surface area (Å²) in [5.74, 6) is 6.50. The molecule has 1 aliphatic rings. The van der Waals surface area contributed by atoms with Crippen LogP contribution in [-0.2, 0) is 0 Å². The molecule has 0 atom stereocenters. The second-order valence-electron chi connectivity index (χ2n) is 4.25. The van der Waals surface area contributed by atoms with Gasteiger partial charge in [-0.15, -0.1) is 10.3 Å². The first-order chi connectivity index (χ1) is 8.40. The number of aromatic nitrogens is 2. The van der Waals surface area contributed by atoms with Crippen LogP contribution < -0.4 is 4.74 Å². The Labute approximate surface area is 107 Å². The molecule has 1 aromatic rings. The van der Waals surface area contributed by atoms with E-state index in [1.54, 1.807) is 0 Å². The van der Waals surface area contributed by atoms with Gasteiger partial charge in [-0.05, 0) is 24.4 Å². The molecule has 0 saturated heterocycles. The Balaban J connectivity index is 1.86. The lowest BCUT2D eigenvalue weighted by atomic mass is 9.90. The summed E-state index contributed by atoms with van der Waals surface area (Å²) in [6.45, 7) is 2.42. The summed E-state index contributed by atoms with van der Waals surface area (Å²) >= 11 is 1.49. The van der Waals surface area contributed by atoms with E-state index in [1.807, 2.05) is 6.92 Å². The van der Waals surface area contributed by atoms with E-state index in [0.717, 1.165) is 11.4 Å². The van der Waals surface area contributed by atoms with Gasteiger partial charge < -0.3 is 4.74 Å². The number of hydrogen-bond donors (Lipinski definition) is 0. The number of hydrogen-bond acceptors (Lipinski definition) is 4. The normalized spacial score (nSPS) is 16.3. The molecule has 0 spiro atoms. The smallest absolute Gasteiger partial charge is 0.329 e. The molecule has 0 bridgehead atoms. The molecule has 0 aliphatic heterocycles. The van der Waals surface area contributed by atoms with E-state index in [2.05, 4.69) is 21.2 Å². The third-order valence-corrected chi connectivity index (χ3v) is 3.81. The van der Waals surface area contributed by atoms with Gasteiger partial charge in [-0.25, -0.2) is 0 Å². The van der Waals surface area contributed by atoms with Crippen molar-refractivity contribution < 1.29 is 4.74 Å². The van der Waals surface area contributed by atoms with Crippen LogP contribution in [0.25, 0.3) is 0 Å². The van der Waals surface area contributed by atoms with Crippen LogP contribution in [0, 0.1) is 11.8 Å². The predicted molar refractivity (Wildman–Crippen MR) is 69.3 cm³/mol. The molecule has 0 unspecified atom stereocenters. The fourth-order valence-corrected chi connectivity index (χ4v) is 2.84. The average molecular weight is 250 g/mol. The molecule has 0 amide bonds. The summed E-state index contributed by atoms with van der Waals surface area (Å²) in [4.78, 5) is 4.45. The topological polar surface area (TPSA) is 35.0 Å². The molecule has 1 aromatic heterocycles. The monoisotopic (exact) mass is 250 g/mol. The molecular weight excluding hydrogens is 232 g/mol. The highest BCUT2D eigenvalue weighted by Gasteiger charge is 2.19. The summed E-state index contributed by atoms with van der Waals surface area (Å²) < 4.78 is 9.62. The van der Waals surface area contributed by atoms with Crippen molar-refractivity contribution in [1.82, 2.24) is 9.36 Å². The quantitative estimate of drug-likeness (QED) is 0.771. The van der Waals surface area contributed by atoms with Crippen LogP contribution in [0.2, 0.25) is 0 Å². The van der Waals surface area contributed by atoms with Gasteiger partial charge in [-0.3, -0.25) is 0 Å². The standard InChI is InChI=1S/C13H18N2OS/c1-2-3-7-10-16-13-14-12(17-15-13)11-8-5-4-6-9-11/h11H,2,4-6,8-10H2,1H3. The molecule has 4 heteroatoms. The van der Waals surface area contributed by atoms with Crippen molar-refractivity contribution in [3.05, 3.63) is 5.01 Å². The van der Waals surface area contributed by atoms with Gasteiger partial charge in [0.05, 0.1) is 0 Å². The van der Waals surface area contributed by atoms with Gasteiger partial charge in [-0.2, -0.15) is 4.98 Å². The second kappa shape index (κ2) is 6.61. The van der Waals surface area contributed by atoms with Gasteiger partial charge in [0, 0.05) is 12.3 Å². The molecule has 0 N–H and O–H groups in total. The summed E-state index contributed by atoms with van der Waals surface area (Å²) in [6, 6.07) is 0.501. The van der Waals surface area contributed by atoms with Crippen molar-refractivity contribution in [2.45, 2.75) is 51.4 Å². The highest BCUT2D eigenvalue weighted by molar-refractivity contribution is 7.05. The van der Waals surface area contributed by atoms with E-state index < -0.39 is 0 Å². The van der Waals surface area contributed by atoms with E-state index in [-0.39, 0.29) is 0 Å². The minimum atomic E-state index is 0.397. The van der Waals surface area contributed by atoms with Crippen LogP contribution >= 0.6 is 11.5 Å². The number of nitrogens with zero attached hydrogens (tertiary/aromatic N) is 2. The molecule has 17 heavy (non-hydrogen) atoms. The average Bonchev–Trinajstić information content (AvgIpc) is 2.85. The lowest BCUT2D eigenvalue weighted by Crippen LogP contribution is -2.04. The first-order valence-electron chi connectivity index (χ1n) is 6.32. The van der Waals surface area contributed by atoms with E-state index in [9.17, 15) is 0 Å². The maximum absolute atomic E-state index is 5.39. The van der Waals surface area contributed by atoms with Crippen molar-refractivity contribution >= 4 is 11.5 Å². The number of ether oxygens (including phenoxy) is 1. The summed E-state index contributed by atoms with van der Waals surface area (Å²) in [7, 11) is 0. The van der Waals surface area contributed by atoms with E-state index >= 15 is 0 Å². The molecule has 92 valence electrons. The molecule has 0 aromatic carbocycles. The van der Waals surface area contributed by atoms with Crippen molar-refractivity contribution in [3.63, 3.8) is 0 Å². The lowest BCUT2D eigenvalue weighted by molar-refractivity contribution is 0.342. The Kier molecular flexibility index (Phi) is 4.81. The minimum absolute atomic E-state index is 0.397. The molecule has 1 heterocycles. The van der Waals surface area contributed by atoms with Crippen LogP contribution in [0.3, 0.4) is 0 Å². The van der Waals surface area contributed by atoms with E-state index in [1.165, 1.54) is 43.6 Å². The molecular formula is C13H18N2OS. The molecule has 1 saturated carbocycles. The van der Waals surface area contributed by atoms with Crippen molar-refractivity contribution in [3.8, 4) is 17.9 Å². The number of rotatable bonds is 3. The second-order valence-corrected chi connectivity index (χ2v) is 5.03. The zero-order valence-electron chi connectivity index (χ0n) is 10.2. The van der Waals surface area contributed by atoms with Crippen molar-refractivity contribution in [2.75, 3.05) is 6.61 Å². The summed E-state index contributed by atoms with van der Waals surface area (Å²) in [5, 5.41) is 1.14. The van der Waals surface area contributed by atoms with Gasteiger partial charge in [0.15, 0.2) is 6.61 Å². The van der Waals surface area contributed by atoms with Gasteiger partial charge in [0.25, 0.3) is 0 Å². The first kappa shape index (κ1) is 12.4. The highest BCUT2D eigenvalue weighted by atomic mass is 32.1. The van der Waals surface area contributed by atoms with E-state index in [0.29, 0.717) is 18.5 Å². The molecule has 1 fully saturated rings. The SMILES string of the molecule is CCC#CCOc1nsc(C2CCCCC2)n1. The van der Waals surface area contributed by atoms with Crippen molar-refractivity contribution in [2.24, 2.45) is 0 Å². The zero-order valence-corrected chi connectivity index (χ0v) is 11.1. The first-order valence-corrected chi connectivity index (χ1v) is 7.09. The Bertz CT molecular complexity index is 399. The fourth-order valence-electron chi connectivity index (χ4n) is 2.07. The Morgan fingerprint density at radius 2 is 2.12 bits per heavy atom. The maximum atomic E-state index is 5.39. The van der Waals surface area contributed by atoms with E-state index in [4.69, 9.17) is 4.74 Å². The van der Waals surface area contributed by atoms with Gasteiger partial charge in [0.2, 0.25) is 0 Å². The van der Waals surface area contributed by atoms with Crippen LogP contribution in [-0.4, -0.2) is 16.0 Å². The van der Waals surface area contributed by atoms with Gasteiger partial charge in [-0.1, -0.05) is 32.1 Å². The highest BCUT2D eigenvalue weighted by Crippen LogP contribution is 2.34. The predicted octanol–water partition coefficient (Wildman–Crippen LogP) is 3.38. The van der Waals surface area contributed by atoms with Crippen LogP contribution in [0.15, 0.2) is 0 Å². The fraction of sp³-hybridized carbons (Fsp3) is 0.692.